The van der Waals surface area contributed by atoms with Crippen LogP contribution in [-0.2, 0) is 4.79 Å². The molecular formula is C21H23NO3. The van der Waals surface area contributed by atoms with Crippen LogP contribution in [-0.4, -0.2) is 19.6 Å². The van der Waals surface area contributed by atoms with Gasteiger partial charge in [0.05, 0.1) is 13.7 Å². The van der Waals surface area contributed by atoms with Gasteiger partial charge in [0.1, 0.15) is 0 Å². The molecule has 2 aromatic carbocycles. The molecule has 130 valence electrons. The van der Waals surface area contributed by atoms with E-state index in [1.165, 1.54) is 0 Å². The van der Waals surface area contributed by atoms with Gasteiger partial charge in [-0.2, -0.15) is 0 Å². The zero-order chi connectivity index (χ0) is 17.8. The van der Waals surface area contributed by atoms with E-state index in [1.807, 2.05) is 48.5 Å². The minimum atomic E-state index is -0.0857. The lowest BCUT2D eigenvalue weighted by Crippen LogP contribution is -2.04. The first-order valence-electron chi connectivity index (χ1n) is 8.51. The Morgan fingerprint density at radius 1 is 1.12 bits per heavy atom. The minimum Gasteiger partial charge on any atom is -0.493 e. The van der Waals surface area contributed by atoms with E-state index < -0.39 is 0 Å². The first-order chi connectivity index (χ1) is 12.1. The molecule has 4 heteroatoms. The quantitative estimate of drug-likeness (QED) is 0.783. The number of nitrogens with one attached hydrogen (secondary N) is 1. The molecule has 0 aliphatic carbocycles. The van der Waals surface area contributed by atoms with Gasteiger partial charge in [-0.05, 0) is 42.2 Å². The Balaban J connectivity index is 1.85. The second kappa shape index (κ2) is 7.43. The molecule has 25 heavy (non-hydrogen) atoms. The summed E-state index contributed by atoms with van der Waals surface area (Å²) in [5, 5.41) is 2.88. The Hall–Kier alpha value is -2.75. The van der Waals surface area contributed by atoms with Crippen LogP contribution in [0.3, 0.4) is 0 Å². The number of hydrogen-bond donors (Lipinski definition) is 1. The summed E-state index contributed by atoms with van der Waals surface area (Å²) in [6.07, 6.45) is 2.87. The largest absolute Gasteiger partial charge is 0.493 e. The fraction of sp³-hybridized carbons (Fsp3) is 0.286. The molecule has 1 N–H and O–H groups in total. The van der Waals surface area contributed by atoms with E-state index in [1.54, 1.807) is 7.11 Å². The number of rotatable bonds is 6. The van der Waals surface area contributed by atoms with Crippen LogP contribution < -0.4 is 14.8 Å². The van der Waals surface area contributed by atoms with Crippen LogP contribution in [0.2, 0.25) is 0 Å². The van der Waals surface area contributed by atoms with Crippen molar-refractivity contribution in [2.45, 2.75) is 20.3 Å². The van der Waals surface area contributed by atoms with Gasteiger partial charge in [-0.3, -0.25) is 4.79 Å². The predicted octanol–water partition coefficient (Wildman–Crippen LogP) is 4.61. The maximum absolute atomic E-state index is 12.2. The van der Waals surface area contributed by atoms with E-state index in [4.69, 9.17) is 9.47 Å². The van der Waals surface area contributed by atoms with Gasteiger partial charge in [-0.15, -0.1) is 0 Å². The lowest BCUT2D eigenvalue weighted by Gasteiger charge is -2.12. The zero-order valence-electron chi connectivity index (χ0n) is 14.8. The summed E-state index contributed by atoms with van der Waals surface area (Å²) >= 11 is 0. The van der Waals surface area contributed by atoms with Crippen molar-refractivity contribution in [2.75, 3.05) is 19.0 Å². The van der Waals surface area contributed by atoms with Crippen molar-refractivity contribution >= 4 is 23.2 Å². The monoisotopic (exact) mass is 337 g/mol. The van der Waals surface area contributed by atoms with Gasteiger partial charge in [0.15, 0.2) is 11.5 Å². The third kappa shape index (κ3) is 3.85. The van der Waals surface area contributed by atoms with E-state index >= 15 is 0 Å². The van der Waals surface area contributed by atoms with Crippen molar-refractivity contribution in [3.63, 3.8) is 0 Å². The summed E-state index contributed by atoms with van der Waals surface area (Å²) in [5.74, 6) is 1.90. The number of benzene rings is 2. The Labute approximate surface area is 148 Å². The highest BCUT2D eigenvalue weighted by molar-refractivity contribution is 6.34. The van der Waals surface area contributed by atoms with Gasteiger partial charge in [-0.25, -0.2) is 0 Å². The lowest BCUT2D eigenvalue weighted by atomic mass is 10.0. The molecule has 0 bridgehead atoms. The number of fused-ring (bicyclic) bond motifs is 1. The highest BCUT2D eigenvalue weighted by Crippen LogP contribution is 2.34. The molecule has 0 radical (unpaired) electrons. The van der Waals surface area contributed by atoms with Gasteiger partial charge in [-0.1, -0.05) is 38.1 Å². The summed E-state index contributed by atoms with van der Waals surface area (Å²) in [7, 11) is 1.62. The standard InChI is InChI=1S/C21H23NO3/c1-14(2)10-11-25-19-9-8-15(13-20(19)24-3)12-17-16-6-4-5-7-18(16)22-21(17)23/h4-9,12-14H,10-11H2,1-3H3,(H,22,23). The van der Waals surface area contributed by atoms with Crippen LogP contribution in [0, 0.1) is 5.92 Å². The number of carbonyl (C=O) groups excluding carboxylic acids is 1. The lowest BCUT2D eigenvalue weighted by molar-refractivity contribution is -0.110. The van der Waals surface area contributed by atoms with E-state index in [0.29, 0.717) is 23.8 Å². The fourth-order valence-electron chi connectivity index (χ4n) is 2.75. The Bertz CT molecular complexity index is 809. The molecule has 0 fully saturated rings. The predicted molar refractivity (Wildman–Crippen MR) is 101 cm³/mol. The van der Waals surface area contributed by atoms with Crippen molar-refractivity contribution < 1.29 is 14.3 Å². The number of carbonyl (C=O) groups is 1. The Kier molecular flexibility index (Phi) is 5.08. The van der Waals surface area contributed by atoms with Crippen molar-refractivity contribution in [3.8, 4) is 11.5 Å². The second-order valence-corrected chi connectivity index (χ2v) is 6.50. The maximum atomic E-state index is 12.2. The molecule has 0 spiro atoms. The molecule has 1 heterocycles. The van der Waals surface area contributed by atoms with Crippen LogP contribution in [0.25, 0.3) is 11.6 Å². The molecule has 2 aromatic rings. The van der Waals surface area contributed by atoms with Gasteiger partial charge >= 0.3 is 0 Å². The number of ether oxygens (including phenoxy) is 2. The average Bonchev–Trinajstić information content (AvgIpc) is 2.91. The average molecular weight is 337 g/mol. The molecule has 0 unspecified atom stereocenters. The van der Waals surface area contributed by atoms with E-state index in [9.17, 15) is 4.79 Å². The SMILES string of the molecule is COc1cc(C=C2C(=O)Nc3ccccc32)ccc1OCCC(C)C. The normalized spacial score (nSPS) is 14.6. The fourth-order valence-corrected chi connectivity index (χ4v) is 2.75. The molecular weight excluding hydrogens is 314 g/mol. The molecule has 1 aliphatic rings. The van der Waals surface area contributed by atoms with Crippen molar-refractivity contribution in [1.29, 1.82) is 0 Å². The van der Waals surface area contributed by atoms with Crippen LogP contribution in [0.15, 0.2) is 42.5 Å². The second-order valence-electron chi connectivity index (χ2n) is 6.50. The summed E-state index contributed by atoms with van der Waals surface area (Å²) in [6.45, 7) is 4.99. The molecule has 0 atom stereocenters. The number of amides is 1. The van der Waals surface area contributed by atoms with Gasteiger partial charge in [0.2, 0.25) is 0 Å². The molecule has 1 aliphatic heterocycles. The number of methoxy groups -OCH3 is 1. The summed E-state index contributed by atoms with van der Waals surface area (Å²) in [6, 6.07) is 13.4. The minimum absolute atomic E-state index is 0.0857. The smallest absolute Gasteiger partial charge is 0.256 e. The van der Waals surface area contributed by atoms with E-state index in [0.717, 1.165) is 29.0 Å². The van der Waals surface area contributed by atoms with Gasteiger partial charge < -0.3 is 14.8 Å². The molecule has 0 aromatic heterocycles. The Morgan fingerprint density at radius 2 is 1.92 bits per heavy atom. The van der Waals surface area contributed by atoms with Crippen molar-refractivity contribution in [3.05, 3.63) is 53.6 Å². The van der Waals surface area contributed by atoms with Crippen molar-refractivity contribution in [2.24, 2.45) is 5.92 Å². The summed E-state index contributed by atoms with van der Waals surface area (Å²) in [4.78, 5) is 12.2. The third-order valence-corrected chi connectivity index (χ3v) is 4.16. The first kappa shape index (κ1) is 17.1. The zero-order valence-corrected chi connectivity index (χ0v) is 14.8. The Morgan fingerprint density at radius 3 is 2.68 bits per heavy atom. The third-order valence-electron chi connectivity index (χ3n) is 4.16. The maximum Gasteiger partial charge on any atom is 0.256 e. The first-order valence-corrected chi connectivity index (χ1v) is 8.51. The topological polar surface area (TPSA) is 47.6 Å². The van der Waals surface area contributed by atoms with E-state index in [2.05, 4.69) is 19.2 Å². The molecule has 0 saturated carbocycles. The van der Waals surface area contributed by atoms with Gasteiger partial charge in [0, 0.05) is 16.8 Å². The van der Waals surface area contributed by atoms with Crippen LogP contribution in [0.5, 0.6) is 11.5 Å². The highest BCUT2D eigenvalue weighted by Gasteiger charge is 2.23. The molecule has 0 saturated heterocycles. The number of hydrogen-bond acceptors (Lipinski definition) is 3. The van der Waals surface area contributed by atoms with Crippen LogP contribution >= 0.6 is 0 Å². The number of anilines is 1. The molecule has 3 rings (SSSR count). The summed E-state index contributed by atoms with van der Waals surface area (Å²) in [5.41, 5.74) is 3.32. The van der Waals surface area contributed by atoms with E-state index in [-0.39, 0.29) is 5.91 Å². The highest BCUT2D eigenvalue weighted by atomic mass is 16.5. The van der Waals surface area contributed by atoms with Crippen molar-refractivity contribution in [1.82, 2.24) is 0 Å². The number of para-hydroxylation sites is 1. The van der Waals surface area contributed by atoms with Crippen LogP contribution in [0.4, 0.5) is 5.69 Å². The molecule has 4 nitrogen and oxygen atoms in total. The molecule has 1 amide bonds. The summed E-state index contributed by atoms with van der Waals surface area (Å²) < 4.78 is 11.3. The van der Waals surface area contributed by atoms with Gasteiger partial charge in [0.25, 0.3) is 5.91 Å². The van der Waals surface area contributed by atoms with Crippen LogP contribution in [0.1, 0.15) is 31.4 Å².